The van der Waals surface area contributed by atoms with Crippen LogP contribution < -0.4 is 19.7 Å². The molecule has 128 valence electrons. The second kappa shape index (κ2) is 7.97. The number of benzene rings is 1. The zero-order valence-electron chi connectivity index (χ0n) is 14.2. The third-order valence-electron chi connectivity index (χ3n) is 4.32. The average Bonchev–Trinajstić information content (AvgIpc) is 2.66. The first-order chi connectivity index (χ1) is 11.8. The maximum Gasteiger partial charge on any atom is 0.225 e. The zero-order valence-corrected chi connectivity index (χ0v) is 14.2. The number of hydrogen-bond acceptors (Lipinski definition) is 6. The fraction of sp³-hybridized carbons (Fsp3) is 0.444. The summed E-state index contributed by atoms with van der Waals surface area (Å²) >= 11 is 0. The molecule has 0 aliphatic carbocycles. The monoisotopic (exact) mass is 328 g/mol. The first-order valence-corrected chi connectivity index (χ1v) is 8.27. The molecular formula is C18H24N4O2. The topological polar surface area (TPSA) is 59.5 Å². The number of methoxy groups -OCH3 is 2. The van der Waals surface area contributed by atoms with Crippen molar-refractivity contribution in [1.29, 1.82) is 0 Å². The summed E-state index contributed by atoms with van der Waals surface area (Å²) in [5, 5.41) is 3.63. The Hall–Kier alpha value is -2.34. The first-order valence-electron chi connectivity index (χ1n) is 8.27. The van der Waals surface area contributed by atoms with Crippen molar-refractivity contribution in [3.05, 3.63) is 42.2 Å². The van der Waals surface area contributed by atoms with Gasteiger partial charge in [0.1, 0.15) is 0 Å². The highest BCUT2D eigenvalue weighted by atomic mass is 16.5. The second-order valence-electron chi connectivity index (χ2n) is 5.87. The highest BCUT2D eigenvalue weighted by molar-refractivity contribution is 5.46. The minimum Gasteiger partial charge on any atom is -0.493 e. The molecule has 1 aromatic carbocycles. The van der Waals surface area contributed by atoms with Crippen LogP contribution in [0.4, 0.5) is 5.95 Å². The minimum absolute atomic E-state index is 0.401. The van der Waals surface area contributed by atoms with E-state index in [0.717, 1.165) is 55.5 Å². The van der Waals surface area contributed by atoms with Crippen molar-refractivity contribution in [2.45, 2.75) is 25.4 Å². The van der Waals surface area contributed by atoms with E-state index in [0.29, 0.717) is 6.04 Å². The lowest BCUT2D eigenvalue weighted by Gasteiger charge is -2.33. The molecule has 0 saturated carbocycles. The second-order valence-corrected chi connectivity index (χ2v) is 5.87. The smallest absolute Gasteiger partial charge is 0.225 e. The number of ether oxygens (including phenoxy) is 2. The molecule has 6 nitrogen and oxygen atoms in total. The fourth-order valence-corrected chi connectivity index (χ4v) is 3.13. The standard InChI is InChI=1S/C18H24N4O2/c1-23-16-8-3-6-14(17(16)24-2)12-21-15-7-4-11-22(13-15)18-19-9-5-10-20-18/h3,5-6,8-10,15,21H,4,7,11-13H2,1-2H3/t15-/m1/s1. The minimum atomic E-state index is 0.401. The van der Waals surface area contributed by atoms with Crippen molar-refractivity contribution in [3.63, 3.8) is 0 Å². The van der Waals surface area contributed by atoms with E-state index in [-0.39, 0.29) is 0 Å². The van der Waals surface area contributed by atoms with Crippen LogP contribution in [0, 0.1) is 0 Å². The van der Waals surface area contributed by atoms with E-state index in [1.807, 2.05) is 18.2 Å². The molecule has 1 atom stereocenters. The van der Waals surface area contributed by atoms with Gasteiger partial charge >= 0.3 is 0 Å². The molecule has 1 aliphatic heterocycles. The van der Waals surface area contributed by atoms with Gasteiger partial charge in [-0.2, -0.15) is 0 Å². The van der Waals surface area contributed by atoms with Crippen molar-refractivity contribution in [3.8, 4) is 11.5 Å². The van der Waals surface area contributed by atoms with Crippen molar-refractivity contribution >= 4 is 5.95 Å². The SMILES string of the molecule is COc1cccc(CN[C@@H]2CCCN(c3ncccn3)C2)c1OC. The van der Waals surface area contributed by atoms with Crippen LogP contribution in [0.5, 0.6) is 11.5 Å². The summed E-state index contributed by atoms with van der Waals surface area (Å²) < 4.78 is 10.9. The van der Waals surface area contributed by atoms with Gasteiger partial charge in [-0.1, -0.05) is 12.1 Å². The van der Waals surface area contributed by atoms with E-state index in [9.17, 15) is 0 Å². The Bertz CT molecular complexity index is 651. The van der Waals surface area contributed by atoms with E-state index in [1.54, 1.807) is 26.6 Å². The van der Waals surface area contributed by atoms with Crippen LogP contribution >= 0.6 is 0 Å². The van der Waals surface area contributed by atoms with Gasteiger partial charge in [0.15, 0.2) is 11.5 Å². The van der Waals surface area contributed by atoms with Gasteiger partial charge in [-0.3, -0.25) is 0 Å². The van der Waals surface area contributed by atoms with Crippen LogP contribution in [0.1, 0.15) is 18.4 Å². The number of nitrogens with one attached hydrogen (secondary N) is 1. The molecule has 0 radical (unpaired) electrons. The Balaban J connectivity index is 1.63. The third-order valence-corrected chi connectivity index (χ3v) is 4.32. The molecule has 2 heterocycles. The number of anilines is 1. The van der Waals surface area contributed by atoms with E-state index < -0.39 is 0 Å². The molecule has 1 aromatic heterocycles. The molecule has 0 amide bonds. The van der Waals surface area contributed by atoms with Crippen LogP contribution in [0.2, 0.25) is 0 Å². The normalized spacial score (nSPS) is 17.6. The lowest BCUT2D eigenvalue weighted by atomic mass is 10.1. The van der Waals surface area contributed by atoms with Crippen molar-refractivity contribution in [2.24, 2.45) is 0 Å². The molecule has 1 aliphatic rings. The van der Waals surface area contributed by atoms with Crippen molar-refractivity contribution < 1.29 is 9.47 Å². The highest BCUT2D eigenvalue weighted by Gasteiger charge is 2.21. The Morgan fingerprint density at radius 3 is 2.75 bits per heavy atom. The van der Waals surface area contributed by atoms with E-state index >= 15 is 0 Å². The van der Waals surface area contributed by atoms with Gasteiger partial charge < -0.3 is 19.7 Å². The van der Waals surface area contributed by atoms with Crippen LogP contribution in [0.25, 0.3) is 0 Å². The zero-order chi connectivity index (χ0) is 16.8. The predicted molar refractivity (Wildman–Crippen MR) is 93.7 cm³/mol. The predicted octanol–water partition coefficient (Wildman–Crippen LogP) is 2.25. The van der Waals surface area contributed by atoms with E-state index in [2.05, 4.69) is 26.3 Å². The third kappa shape index (κ3) is 3.76. The molecule has 24 heavy (non-hydrogen) atoms. The summed E-state index contributed by atoms with van der Waals surface area (Å²) in [7, 11) is 3.34. The average molecular weight is 328 g/mol. The maximum absolute atomic E-state index is 5.50. The van der Waals surface area contributed by atoms with Crippen LogP contribution in [-0.4, -0.2) is 43.3 Å². The van der Waals surface area contributed by atoms with Crippen molar-refractivity contribution in [2.75, 3.05) is 32.2 Å². The van der Waals surface area contributed by atoms with Gasteiger partial charge in [-0.25, -0.2) is 9.97 Å². The van der Waals surface area contributed by atoms with Gasteiger partial charge in [-0.15, -0.1) is 0 Å². The van der Waals surface area contributed by atoms with Gasteiger partial charge in [0.2, 0.25) is 5.95 Å². The number of piperidine rings is 1. The van der Waals surface area contributed by atoms with Gasteiger partial charge in [-0.05, 0) is 25.0 Å². The Morgan fingerprint density at radius 2 is 2.00 bits per heavy atom. The summed E-state index contributed by atoms with van der Waals surface area (Å²) in [6.07, 6.45) is 5.86. The molecule has 0 unspecified atom stereocenters. The number of rotatable bonds is 6. The maximum atomic E-state index is 5.50. The molecule has 1 saturated heterocycles. The highest BCUT2D eigenvalue weighted by Crippen LogP contribution is 2.30. The molecule has 0 bridgehead atoms. The number of aromatic nitrogens is 2. The number of nitrogens with zero attached hydrogens (tertiary/aromatic N) is 3. The quantitative estimate of drug-likeness (QED) is 0.878. The number of hydrogen-bond donors (Lipinski definition) is 1. The van der Waals surface area contributed by atoms with Gasteiger partial charge in [0.05, 0.1) is 14.2 Å². The summed E-state index contributed by atoms with van der Waals surface area (Å²) in [4.78, 5) is 11.0. The van der Waals surface area contributed by atoms with Crippen LogP contribution in [0.3, 0.4) is 0 Å². The van der Waals surface area contributed by atoms with E-state index in [1.165, 1.54) is 0 Å². The molecule has 0 spiro atoms. The lowest BCUT2D eigenvalue weighted by molar-refractivity contribution is 0.348. The van der Waals surface area contributed by atoms with Crippen LogP contribution in [0.15, 0.2) is 36.7 Å². The number of para-hydroxylation sites is 1. The largest absolute Gasteiger partial charge is 0.493 e. The van der Waals surface area contributed by atoms with Crippen LogP contribution in [-0.2, 0) is 6.54 Å². The fourth-order valence-electron chi connectivity index (χ4n) is 3.13. The molecule has 3 rings (SSSR count). The van der Waals surface area contributed by atoms with E-state index in [4.69, 9.17) is 9.47 Å². The first kappa shape index (κ1) is 16.5. The van der Waals surface area contributed by atoms with Crippen molar-refractivity contribution in [1.82, 2.24) is 15.3 Å². The van der Waals surface area contributed by atoms with Gasteiger partial charge in [0.25, 0.3) is 0 Å². The summed E-state index contributed by atoms with van der Waals surface area (Å²) in [6.45, 7) is 2.66. The Kier molecular flexibility index (Phi) is 5.48. The van der Waals surface area contributed by atoms with Gasteiger partial charge in [0, 0.05) is 43.6 Å². The summed E-state index contributed by atoms with van der Waals surface area (Å²) in [5.74, 6) is 2.37. The molecular weight excluding hydrogens is 304 g/mol. The molecule has 6 heteroatoms. The lowest BCUT2D eigenvalue weighted by Crippen LogP contribution is -2.46. The molecule has 2 aromatic rings. The summed E-state index contributed by atoms with van der Waals surface area (Å²) in [6, 6.07) is 8.22. The Labute approximate surface area is 142 Å². The summed E-state index contributed by atoms with van der Waals surface area (Å²) in [5.41, 5.74) is 1.10. The Morgan fingerprint density at radius 1 is 1.17 bits per heavy atom. The molecule has 1 fully saturated rings. The molecule has 1 N–H and O–H groups in total.